The molecule has 25 heavy (non-hydrogen) atoms. The predicted octanol–water partition coefficient (Wildman–Crippen LogP) is 3.10. The number of aryl methyl sites for hydroxylation is 1. The minimum Gasteiger partial charge on any atom is -0.481 e. The molecule has 0 aromatic heterocycles. The number of hydrogen-bond acceptors (Lipinski definition) is 3. The van der Waals surface area contributed by atoms with Gasteiger partial charge < -0.3 is 15.2 Å². The van der Waals surface area contributed by atoms with Crippen LogP contribution in [0.4, 0.5) is 4.79 Å². The van der Waals surface area contributed by atoms with Crippen molar-refractivity contribution < 1.29 is 19.4 Å². The van der Waals surface area contributed by atoms with Crippen molar-refractivity contribution in [1.29, 1.82) is 0 Å². The molecule has 0 bridgehead atoms. The van der Waals surface area contributed by atoms with Crippen molar-refractivity contribution in [3.8, 4) is 0 Å². The third kappa shape index (κ3) is 4.83. The molecule has 0 saturated carbocycles. The molecular weight excluding hydrogens is 318 g/mol. The molecule has 2 aromatic rings. The van der Waals surface area contributed by atoms with E-state index in [9.17, 15) is 9.59 Å². The quantitative estimate of drug-likeness (QED) is 0.878. The Morgan fingerprint density at radius 3 is 2.64 bits per heavy atom. The summed E-state index contributed by atoms with van der Waals surface area (Å²) in [5, 5.41) is 11.8. The maximum Gasteiger partial charge on any atom is 0.407 e. The van der Waals surface area contributed by atoms with Gasteiger partial charge in [-0.15, -0.1) is 0 Å². The second-order valence-corrected chi connectivity index (χ2v) is 6.32. The van der Waals surface area contributed by atoms with Crippen LogP contribution in [0.25, 0.3) is 0 Å². The summed E-state index contributed by atoms with van der Waals surface area (Å²) in [6, 6.07) is 15.4. The first-order valence-electron chi connectivity index (χ1n) is 8.40. The molecule has 1 aliphatic rings. The molecule has 5 heteroatoms. The maximum absolute atomic E-state index is 12.0. The van der Waals surface area contributed by atoms with Gasteiger partial charge in [-0.3, -0.25) is 4.79 Å². The van der Waals surface area contributed by atoms with E-state index >= 15 is 0 Å². The summed E-state index contributed by atoms with van der Waals surface area (Å²) in [5.41, 5.74) is 4.11. The summed E-state index contributed by atoms with van der Waals surface area (Å²) in [6.07, 6.45) is 2.03. The summed E-state index contributed by atoms with van der Waals surface area (Å²) < 4.78 is 5.27. The van der Waals surface area contributed by atoms with E-state index in [1.165, 1.54) is 5.56 Å². The third-order valence-electron chi connectivity index (χ3n) is 4.39. The highest BCUT2D eigenvalue weighted by Gasteiger charge is 2.21. The third-order valence-corrected chi connectivity index (χ3v) is 4.39. The first-order valence-corrected chi connectivity index (χ1v) is 8.40. The van der Waals surface area contributed by atoms with Crippen LogP contribution < -0.4 is 5.32 Å². The van der Waals surface area contributed by atoms with Crippen molar-refractivity contribution in [3.63, 3.8) is 0 Å². The van der Waals surface area contributed by atoms with Gasteiger partial charge in [-0.2, -0.15) is 0 Å². The highest BCUT2D eigenvalue weighted by molar-refractivity contribution is 5.70. The van der Waals surface area contributed by atoms with Gasteiger partial charge in [-0.25, -0.2) is 4.79 Å². The normalized spacial score (nSPS) is 15.9. The van der Waals surface area contributed by atoms with Crippen molar-refractivity contribution in [2.45, 2.75) is 38.3 Å². The van der Waals surface area contributed by atoms with Crippen LogP contribution in [0.1, 0.15) is 28.7 Å². The van der Waals surface area contributed by atoms with E-state index in [0.29, 0.717) is 0 Å². The molecule has 130 valence electrons. The Balaban J connectivity index is 1.52. The largest absolute Gasteiger partial charge is 0.481 e. The number of alkyl carbamates (subject to hydrolysis) is 1. The lowest BCUT2D eigenvalue weighted by Crippen LogP contribution is -2.39. The Labute approximate surface area is 146 Å². The van der Waals surface area contributed by atoms with Crippen LogP contribution in [-0.4, -0.2) is 23.2 Å². The SMILES string of the molecule is O=C(O)Cc1ccc2c(c1)CCC(NC(=O)OCc1ccccc1)C2. The minimum atomic E-state index is -0.823. The van der Waals surface area contributed by atoms with Crippen LogP contribution >= 0.6 is 0 Å². The fraction of sp³-hybridized carbons (Fsp3) is 0.300. The maximum atomic E-state index is 12.0. The Bertz CT molecular complexity index is 758. The zero-order valence-electron chi connectivity index (χ0n) is 13.9. The molecule has 0 spiro atoms. The molecule has 0 fully saturated rings. The zero-order chi connectivity index (χ0) is 17.6. The summed E-state index contributed by atoms with van der Waals surface area (Å²) >= 11 is 0. The van der Waals surface area contributed by atoms with Gasteiger partial charge in [0.1, 0.15) is 6.61 Å². The number of rotatable bonds is 5. The van der Waals surface area contributed by atoms with E-state index in [1.54, 1.807) is 0 Å². The number of carboxylic acid groups (broad SMARTS) is 1. The molecule has 0 aliphatic heterocycles. The van der Waals surface area contributed by atoms with Crippen LogP contribution in [0.15, 0.2) is 48.5 Å². The number of carbonyl (C=O) groups is 2. The van der Waals surface area contributed by atoms with Gasteiger partial charge in [-0.1, -0.05) is 48.5 Å². The molecule has 1 aliphatic carbocycles. The van der Waals surface area contributed by atoms with Crippen molar-refractivity contribution >= 4 is 12.1 Å². The predicted molar refractivity (Wildman–Crippen MR) is 93.4 cm³/mol. The number of aliphatic carboxylic acids is 1. The lowest BCUT2D eigenvalue weighted by atomic mass is 9.87. The van der Waals surface area contributed by atoms with E-state index in [0.717, 1.165) is 36.0 Å². The molecule has 2 N–H and O–H groups in total. The van der Waals surface area contributed by atoms with Crippen molar-refractivity contribution in [2.24, 2.45) is 0 Å². The monoisotopic (exact) mass is 339 g/mol. The average molecular weight is 339 g/mol. The summed E-state index contributed by atoms with van der Waals surface area (Å²) in [6.45, 7) is 0.258. The Hall–Kier alpha value is -2.82. The second kappa shape index (κ2) is 7.83. The van der Waals surface area contributed by atoms with Crippen LogP contribution in [0.5, 0.6) is 0 Å². The highest BCUT2D eigenvalue weighted by Crippen LogP contribution is 2.23. The van der Waals surface area contributed by atoms with Gasteiger partial charge in [0.25, 0.3) is 0 Å². The summed E-state index contributed by atoms with van der Waals surface area (Å²) in [4.78, 5) is 22.8. The fourth-order valence-corrected chi connectivity index (χ4v) is 3.15. The lowest BCUT2D eigenvalue weighted by molar-refractivity contribution is -0.136. The topological polar surface area (TPSA) is 75.6 Å². The zero-order valence-corrected chi connectivity index (χ0v) is 13.9. The summed E-state index contributed by atoms with van der Waals surface area (Å²) in [7, 11) is 0. The molecule has 1 amide bonds. The molecule has 2 aromatic carbocycles. The molecular formula is C20H21NO4. The van der Waals surface area contributed by atoms with E-state index < -0.39 is 12.1 Å². The summed E-state index contributed by atoms with van der Waals surface area (Å²) in [5.74, 6) is -0.823. The Kier molecular flexibility index (Phi) is 5.33. The van der Waals surface area contributed by atoms with Gasteiger partial charge >= 0.3 is 12.1 Å². The van der Waals surface area contributed by atoms with E-state index in [4.69, 9.17) is 9.84 Å². The number of hydrogen-bond donors (Lipinski definition) is 2. The Morgan fingerprint density at radius 2 is 1.88 bits per heavy atom. The van der Waals surface area contributed by atoms with Crippen molar-refractivity contribution in [2.75, 3.05) is 0 Å². The standard InChI is InChI=1S/C20H21NO4/c22-19(23)11-15-6-7-17-12-18(9-8-16(17)10-15)21-20(24)25-13-14-4-2-1-3-5-14/h1-7,10,18H,8-9,11-13H2,(H,21,24)(H,22,23). The van der Waals surface area contributed by atoms with Crippen LogP contribution in [-0.2, 0) is 35.4 Å². The number of carbonyl (C=O) groups excluding carboxylic acids is 1. The highest BCUT2D eigenvalue weighted by atomic mass is 16.5. The number of fused-ring (bicyclic) bond motifs is 1. The van der Waals surface area contributed by atoms with Gasteiger partial charge in [0, 0.05) is 6.04 Å². The molecule has 3 rings (SSSR count). The fourth-order valence-electron chi connectivity index (χ4n) is 3.15. The van der Waals surface area contributed by atoms with Crippen LogP contribution in [0, 0.1) is 0 Å². The molecule has 1 unspecified atom stereocenters. The number of benzene rings is 2. The average Bonchev–Trinajstić information content (AvgIpc) is 2.60. The van der Waals surface area contributed by atoms with Crippen molar-refractivity contribution in [1.82, 2.24) is 5.32 Å². The van der Waals surface area contributed by atoms with Crippen LogP contribution in [0.3, 0.4) is 0 Å². The molecule has 1 atom stereocenters. The molecule has 0 saturated heterocycles. The number of nitrogens with one attached hydrogen (secondary N) is 1. The minimum absolute atomic E-state index is 0.0424. The van der Waals surface area contributed by atoms with Crippen LogP contribution in [0.2, 0.25) is 0 Å². The van der Waals surface area contributed by atoms with Gasteiger partial charge in [0.15, 0.2) is 0 Å². The van der Waals surface area contributed by atoms with E-state index in [2.05, 4.69) is 5.32 Å². The first kappa shape index (κ1) is 17.0. The van der Waals surface area contributed by atoms with Gasteiger partial charge in [0.2, 0.25) is 0 Å². The molecule has 5 nitrogen and oxygen atoms in total. The molecule has 0 radical (unpaired) electrons. The van der Waals surface area contributed by atoms with Crippen molar-refractivity contribution in [3.05, 3.63) is 70.8 Å². The smallest absolute Gasteiger partial charge is 0.407 e. The number of ether oxygens (including phenoxy) is 1. The number of amides is 1. The Morgan fingerprint density at radius 1 is 1.08 bits per heavy atom. The lowest BCUT2D eigenvalue weighted by Gasteiger charge is -2.25. The number of carboxylic acids is 1. The first-order chi connectivity index (χ1) is 12.1. The second-order valence-electron chi connectivity index (χ2n) is 6.32. The van der Waals surface area contributed by atoms with E-state index in [-0.39, 0.29) is 19.1 Å². The van der Waals surface area contributed by atoms with E-state index in [1.807, 2.05) is 48.5 Å². The van der Waals surface area contributed by atoms with Gasteiger partial charge in [0.05, 0.1) is 6.42 Å². The van der Waals surface area contributed by atoms with Gasteiger partial charge in [-0.05, 0) is 41.5 Å². The molecule has 0 heterocycles.